The summed E-state index contributed by atoms with van der Waals surface area (Å²) in [6.45, 7) is 0. The molecule has 2 aromatic carbocycles. The summed E-state index contributed by atoms with van der Waals surface area (Å²) in [5.41, 5.74) is 4.18. The van der Waals surface area contributed by atoms with Crippen LogP contribution in [0.1, 0.15) is 5.56 Å². The Kier molecular flexibility index (Phi) is 4.11. The number of nitrogens with one attached hydrogen (secondary N) is 1. The molecular formula is C14H10F4N2O. The summed E-state index contributed by atoms with van der Waals surface area (Å²) in [6, 6.07) is 4.51. The Morgan fingerprint density at radius 1 is 1.05 bits per heavy atom. The standard InChI is InChI=1S/C14H10F4N2O/c15-7-4-11(18)14(12(19)5-7)20-13(21)6-8-9(16)2-1-3-10(8)17/h1-5H,6,19H2,(H,20,21). The summed E-state index contributed by atoms with van der Waals surface area (Å²) in [7, 11) is 0. The first kappa shape index (κ1) is 14.8. The summed E-state index contributed by atoms with van der Waals surface area (Å²) >= 11 is 0. The first-order valence-corrected chi connectivity index (χ1v) is 5.85. The maximum absolute atomic E-state index is 13.5. The van der Waals surface area contributed by atoms with Gasteiger partial charge in [-0.1, -0.05) is 6.07 Å². The molecule has 3 N–H and O–H groups in total. The number of benzene rings is 2. The summed E-state index contributed by atoms with van der Waals surface area (Å²) in [5.74, 6) is -4.63. The minimum Gasteiger partial charge on any atom is -0.397 e. The van der Waals surface area contributed by atoms with Crippen LogP contribution in [0.3, 0.4) is 0 Å². The number of nitrogens with two attached hydrogens (primary N) is 1. The minimum absolute atomic E-state index is 0.324. The monoisotopic (exact) mass is 298 g/mol. The van der Waals surface area contributed by atoms with Gasteiger partial charge in [0.2, 0.25) is 5.91 Å². The number of amides is 1. The molecule has 3 nitrogen and oxygen atoms in total. The van der Waals surface area contributed by atoms with E-state index in [1.807, 2.05) is 0 Å². The van der Waals surface area contributed by atoms with E-state index >= 15 is 0 Å². The van der Waals surface area contributed by atoms with E-state index in [9.17, 15) is 22.4 Å². The number of rotatable bonds is 3. The number of anilines is 2. The van der Waals surface area contributed by atoms with Crippen LogP contribution in [0.2, 0.25) is 0 Å². The van der Waals surface area contributed by atoms with Crippen molar-refractivity contribution in [1.29, 1.82) is 0 Å². The Hall–Kier alpha value is -2.57. The molecular weight excluding hydrogens is 288 g/mol. The lowest BCUT2D eigenvalue weighted by molar-refractivity contribution is -0.115. The van der Waals surface area contributed by atoms with Gasteiger partial charge in [0.15, 0.2) is 5.82 Å². The quantitative estimate of drug-likeness (QED) is 0.676. The second kappa shape index (κ2) is 5.82. The molecule has 21 heavy (non-hydrogen) atoms. The third-order valence-corrected chi connectivity index (χ3v) is 2.75. The Balaban J connectivity index is 2.20. The lowest BCUT2D eigenvalue weighted by Crippen LogP contribution is -2.18. The van der Waals surface area contributed by atoms with Gasteiger partial charge in [0.05, 0.1) is 12.1 Å². The van der Waals surface area contributed by atoms with Crippen molar-refractivity contribution in [2.75, 3.05) is 11.1 Å². The van der Waals surface area contributed by atoms with Gasteiger partial charge in [0, 0.05) is 11.6 Å². The predicted octanol–water partition coefficient (Wildman–Crippen LogP) is 3.01. The number of nitrogen functional groups attached to an aromatic ring is 1. The van der Waals surface area contributed by atoms with Crippen molar-refractivity contribution < 1.29 is 22.4 Å². The van der Waals surface area contributed by atoms with Crippen molar-refractivity contribution in [2.24, 2.45) is 0 Å². The summed E-state index contributed by atoms with van der Waals surface area (Å²) in [5, 5.41) is 2.07. The highest BCUT2D eigenvalue weighted by Gasteiger charge is 2.16. The van der Waals surface area contributed by atoms with Gasteiger partial charge in [-0.2, -0.15) is 0 Å². The van der Waals surface area contributed by atoms with Gasteiger partial charge in [-0.15, -0.1) is 0 Å². The number of halogens is 4. The highest BCUT2D eigenvalue weighted by atomic mass is 19.1. The third-order valence-electron chi connectivity index (χ3n) is 2.75. The van der Waals surface area contributed by atoms with E-state index in [2.05, 4.69) is 5.32 Å². The van der Waals surface area contributed by atoms with Crippen LogP contribution in [0, 0.1) is 23.3 Å². The zero-order valence-electron chi connectivity index (χ0n) is 10.6. The Bertz CT molecular complexity index is 660. The molecule has 0 aliphatic carbocycles. The van der Waals surface area contributed by atoms with Crippen LogP contribution in [0.4, 0.5) is 28.9 Å². The maximum Gasteiger partial charge on any atom is 0.229 e. The summed E-state index contributed by atoms with van der Waals surface area (Å²) in [6.07, 6.45) is -0.644. The van der Waals surface area contributed by atoms with Crippen LogP contribution >= 0.6 is 0 Å². The van der Waals surface area contributed by atoms with Crippen molar-refractivity contribution in [3.63, 3.8) is 0 Å². The highest BCUT2D eigenvalue weighted by Crippen LogP contribution is 2.24. The molecule has 0 aliphatic rings. The van der Waals surface area contributed by atoms with E-state index in [-0.39, 0.29) is 5.69 Å². The number of carbonyl (C=O) groups is 1. The topological polar surface area (TPSA) is 55.1 Å². The van der Waals surface area contributed by atoms with Crippen LogP contribution in [0.25, 0.3) is 0 Å². The molecule has 0 fully saturated rings. The average Bonchev–Trinajstić information content (AvgIpc) is 2.38. The lowest BCUT2D eigenvalue weighted by atomic mass is 10.1. The number of hydrogen-bond acceptors (Lipinski definition) is 2. The molecule has 2 aromatic rings. The predicted molar refractivity (Wildman–Crippen MR) is 69.5 cm³/mol. The molecule has 0 radical (unpaired) electrons. The Morgan fingerprint density at radius 2 is 1.67 bits per heavy atom. The first-order valence-electron chi connectivity index (χ1n) is 5.85. The van der Waals surface area contributed by atoms with Crippen LogP contribution in [0.5, 0.6) is 0 Å². The van der Waals surface area contributed by atoms with Crippen LogP contribution in [0.15, 0.2) is 30.3 Å². The molecule has 110 valence electrons. The van der Waals surface area contributed by atoms with Crippen molar-refractivity contribution in [3.8, 4) is 0 Å². The largest absolute Gasteiger partial charge is 0.397 e. The van der Waals surface area contributed by atoms with E-state index < -0.39 is 46.8 Å². The van der Waals surface area contributed by atoms with Gasteiger partial charge in [0.25, 0.3) is 0 Å². The fraction of sp³-hybridized carbons (Fsp3) is 0.0714. The molecule has 0 heterocycles. The molecule has 0 spiro atoms. The lowest BCUT2D eigenvalue weighted by Gasteiger charge is -2.10. The molecule has 7 heteroatoms. The molecule has 0 atom stereocenters. The van der Waals surface area contributed by atoms with Crippen LogP contribution < -0.4 is 11.1 Å². The molecule has 1 amide bonds. The SMILES string of the molecule is Nc1cc(F)cc(F)c1NC(=O)Cc1c(F)cccc1F. The van der Waals surface area contributed by atoms with Crippen LogP contribution in [-0.2, 0) is 11.2 Å². The van der Waals surface area contributed by atoms with Crippen molar-refractivity contribution in [2.45, 2.75) is 6.42 Å². The smallest absolute Gasteiger partial charge is 0.229 e. The number of carbonyl (C=O) groups excluding carboxylic acids is 1. The average molecular weight is 298 g/mol. The van der Waals surface area contributed by atoms with Gasteiger partial charge in [-0.3, -0.25) is 4.79 Å². The minimum atomic E-state index is -1.07. The normalized spacial score (nSPS) is 10.5. The molecule has 0 unspecified atom stereocenters. The highest BCUT2D eigenvalue weighted by molar-refractivity contribution is 5.95. The first-order chi connectivity index (χ1) is 9.88. The summed E-state index contributed by atoms with van der Waals surface area (Å²) < 4.78 is 53.1. The number of hydrogen-bond donors (Lipinski definition) is 2. The Labute approximate surface area is 117 Å². The van der Waals surface area contributed by atoms with Gasteiger partial charge in [0.1, 0.15) is 23.1 Å². The van der Waals surface area contributed by atoms with E-state index in [4.69, 9.17) is 5.73 Å². The fourth-order valence-corrected chi connectivity index (χ4v) is 1.77. The third kappa shape index (κ3) is 3.31. The maximum atomic E-state index is 13.5. The second-order valence-electron chi connectivity index (χ2n) is 4.28. The Morgan fingerprint density at radius 3 is 2.24 bits per heavy atom. The van der Waals surface area contributed by atoms with Crippen LogP contribution in [-0.4, -0.2) is 5.91 Å². The van der Waals surface area contributed by atoms with Gasteiger partial charge < -0.3 is 11.1 Å². The molecule has 0 aromatic heterocycles. The van der Waals surface area contributed by atoms with Crippen molar-refractivity contribution >= 4 is 17.3 Å². The van der Waals surface area contributed by atoms with Gasteiger partial charge in [-0.05, 0) is 18.2 Å². The van der Waals surface area contributed by atoms with E-state index in [0.717, 1.165) is 24.3 Å². The molecule has 0 bridgehead atoms. The van der Waals surface area contributed by atoms with E-state index in [0.29, 0.717) is 6.07 Å². The van der Waals surface area contributed by atoms with Gasteiger partial charge in [-0.25, -0.2) is 17.6 Å². The van der Waals surface area contributed by atoms with E-state index in [1.165, 1.54) is 0 Å². The van der Waals surface area contributed by atoms with Crippen molar-refractivity contribution in [3.05, 3.63) is 59.2 Å². The summed E-state index contributed by atoms with van der Waals surface area (Å²) in [4.78, 5) is 11.7. The zero-order valence-corrected chi connectivity index (χ0v) is 10.6. The molecule has 0 aliphatic heterocycles. The fourth-order valence-electron chi connectivity index (χ4n) is 1.77. The molecule has 2 rings (SSSR count). The van der Waals surface area contributed by atoms with E-state index in [1.54, 1.807) is 0 Å². The van der Waals surface area contributed by atoms with Gasteiger partial charge >= 0.3 is 0 Å². The van der Waals surface area contributed by atoms with Crippen molar-refractivity contribution in [1.82, 2.24) is 0 Å². The second-order valence-corrected chi connectivity index (χ2v) is 4.28. The zero-order chi connectivity index (χ0) is 15.6. The molecule has 0 saturated carbocycles. The molecule has 0 saturated heterocycles.